The molecular weight excluding hydrogens is 206 g/mol. The monoisotopic (exact) mass is 219 g/mol. The van der Waals surface area contributed by atoms with Gasteiger partial charge in [-0.15, -0.1) is 11.6 Å². The van der Waals surface area contributed by atoms with E-state index < -0.39 is 0 Å². The van der Waals surface area contributed by atoms with Gasteiger partial charge in [0.25, 0.3) is 0 Å². The van der Waals surface area contributed by atoms with Gasteiger partial charge in [0.15, 0.2) is 0 Å². The molecule has 2 aromatic carbocycles. The molecule has 0 amide bonds. The molecule has 0 aliphatic carbocycles. The van der Waals surface area contributed by atoms with E-state index in [1.807, 2.05) is 0 Å². The fraction of sp³-hybridized carbons (Fsp3) is 0.231. The van der Waals surface area contributed by atoms with E-state index in [0.717, 1.165) is 5.56 Å². The van der Waals surface area contributed by atoms with Gasteiger partial charge in [-0.25, -0.2) is 0 Å². The average molecular weight is 220 g/mol. The SMILES string of the molecule is Cc1ccc2cc(C(N)CCl)ccc2c1. The van der Waals surface area contributed by atoms with Crippen LogP contribution in [0, 0.1) is 6.92 Å². The molecule has 0 saturated heterocycles. The molecule has 0 radical (unpaired) electrons. The van der Waals surface area contributed by atoms with Gasteiger partial charge in [-0.3, -0.25) is 0 Å². The Bertz CT molecular complexity index is 479. The zero-order valence-corrected chi connectivity index (χ0v) is 9.46. The van der Waals surface area contributed by atoms with Crippen LogP contribution in [0.5, 0.6) is 0 Å². The third kappa shape index (κ3) is 2.14. The van der Waals surface area contributed by atoms with Crippen molar-refractivity contribution in [3.8, 4) is 0 Å². The van der Waals surface area contributed by atoms with Crippen LogP contribution in [0.2, 0.25) is 0 Å². The number of alkyl halides is 1. The number of hydrogen-bond acceptors (Lipinski definition) is 1. The maximum Gasteiger partial charge on any atom is 0.0432 e. The van der Waals surface area contributed by atoms with Crippen molar-refractivity contribution in [2.24, 2.45) is 5.73 Å². The Morgan fingerprint density at radius 2 is 1.80 bits per heavy atom. The Morgan fingerprint density at radius 1 is 1.13 bits per heavy atom. The molecule has 0 aliphatic rings. The molecule has 2 aromatic rings. The molecule has 78 valence electrons. The minimum atomic E-state index is -0.0719. The van der Waals surface area contributed by atoms with Crippen molar-refractivity contribution in [3.63, 3.8) is 0 Å². The summed E-state index contributed by atoms with van der Waals surface area (Å²) in [5.74, 6) is 0.456. The molecule has 0 fully saturated rings. The molecule has 1 atom stereocenters. The molecule has 1 nitrogen and oxygen atoms in total. The van der Waals surface area contributed by atoms with Crippen LogP contribution in [0.1, 0.15) is 17.2 Å². The standard InChI is InChI=1S/C13H14ClN/c1-9-2-3-11-7-12(13(15)8-14)5-4-10(11)6-9/h2-7,13H,8,15H2,1H3. The van der Waals surface area contributed by atoms with Crippen LogP contribution in [0.3, 0.4) is 0 Å². The second kappa shape index (κ2) is 4.21. The number of hydrogen-bond donors (Lipinski definition) is 1. The predicted molar refractivity (Wildman–Crippen MR) is 66.3 cm³/mol. The van der Waals surface area contributed by atoms with Crippen molar-refractivity contribution in [1.29, 1.82) is 0 Å². The molecule has 0 saturated carbocycles. The van der Waals surface area contributed by atoms with Crippen LogP contribution in [-0.2, 0) is 0 Å². The highest BCUT2D eigenvalue weighted by Gasteiger charge is 2.04. The third-order valence-electron chi connectivity index (χ3n) is 2.61. The molecule has 2 N–H and O–H groups in total. The van der Waals surface area contributed by atoms with Gasteiger partial charge in [0.2, 0.25) is 0 Å². The number of halogens is 1. The third-order valence-corrected chi connectivity index (χ3v) is 2.95. The van der Waals surface area contributed by atoms with E-state index in [0.29, 0.717) is 5.88 Å². The molecule has 0 bridgehead atoms. The van der Waals surface area contributed by atoms with Crippen LogP contribution in [-0.4, -0.2) is 5.88 Å². The number of aryl methyl sites for hydroxylation is 1. The highest BCUT2D eigenvalue weighted by Crippen LogP contribution is 2.21. The van der Waals surface area contributed by atoms with Gasteiger partial charge >= 0.3 is 0 Å². The predicted octanol–water partition coefficient (Wildman–Crippen LogP) is 3.39. The number of fused-ring (bicyclic) bond motifs is 1. The van der Waals surface area contributed by atoms with Gasteiger partial charge < -0.3 is 5.73 Å². The lowest BCUT2D eigenvalue weighted by Gasteiger charge is -2.09. The lowest BCUT2D eigenvalue weighted by atomic mass is 10.0. The van der Waals surface area contributed by atoms with Gasteiger partial charge in [0, 0.05) is 11.9 Å². The summed E-state index contributed by atoms with van der Waals surface area (Å²) in [6.45, 7) is 2.10. The molecular formula is C13H14ClN. The number of nitrogens with two attached hydrogens (primary N) is 1. The van der Waals surface area contributed by atoms with Crippen molar-refractivity contribution in [3.05, 3.63) is 47.5 Å². The summed E-state index contributed by atoms with van der Waals surface area (Å²) in [4.78, 5) is 0. The summed E-state index contributed by atoms with van der Waals surface area (Å²) in [6.07, 6.45) is 0. The molecule has 0 aromatic heterocycles. The minimum absolute atomic E-state index is 0.0719. The van der Waals surface area contributed by atoms with Gasteiger partial charge in [-0.2, -0.15) is 0 Å². The fourth-order valence-corrected chi connectivity index (χ4v) is 1.88. The van der Waals surface area contributed by atoms with Crippen molar-refractivity contribution >= 4 is 22.4 Å². The van der Waals surface area contributed by atoms with Crippen molar-refractivity contribution in [2.45, 2.75) is 13.0 Å². The van der Waals surface area contributed by atoms with Crippen molar-refractivity contribution in [1.82, 2.24) is 0 Å². The largest absolute Gasteiger partial charge is 0.323 e. The van der Waals surface area contributed by atoms with E-state index in [1.165, 1.54) is 16.3 Å². The second-order valence-corrected chi connectivity index (χ2v) is 4.18. The zero-order valence-electron chi connectivity index (χ0n) is 8.70. The summed E-state index contributed by atoms with van der Waals surface area (Å²) in [5.41, 5.74) is 8.26. The molecule has 2 heteroatoms. The van der Waals surface area contributed by atoms with Crippen LogP contribution in [0.4, 0.5) is 0 Å². The highest BCUT2D eigenvalue weighted by atomic mass is 35.5. The fourth-order valence-electron chi connectivity index (χ4n) is 1.70. The first-order valence-electron chi connectivity index (χ1n) is 5.02. The first kappa shape index (κ1) is 10.5. The van der Waals surface area contributed by atoms with Crippen molar-refractivity contribution in [2.75, 3.05) is 5.88 Å². The van der Waals surface area contributed by atoms with Crippen LogP contribution in [0.25, 0.3) is 10.8 Å². The van der Waals surface area contributed by atoms with Gasteiger partial charge in [-0.05, 0) is 29.3 Å². The Balaban J connectivity index is 2.52. The molecule has 2 rings (SSSR count). The minimum Gasteiger partial charge on any atom is -0.323 e. The first-order chi connectivity index (χ1) is 7.20. The average Bonchev–Trinajstić information content (AvgIpc) is 2.27. The Kier molecular flexibility index (Phi) is 2.94. The normalized spacial score (nSPS) is 13.0. The van der Waals surface area contributed by atoms with Crippen molar-refractivity contribution < 1.29 is 0 Å². The van der Waals surface area contributed by atoms with E-state index >= 15 is 0 Å². The van der Waals surface area contributed by atoms with Gasteiger partial charge in [0.05, 0.1) is 0 Å². The maximum atomic E-state index is 5.88. The molecule has 15 heavy (non-hydrogen) atoms. The highest BCUT2D eigenvalue weighted by molar-refractivity contribution is 6.18. The molecule has 1 unspecified atom stereocenters. The van der Waals surface area contributed by atoms with Crippen LogP contribution in [0.15, 0.2) is 36.4 Å². The smallest absolute Gasteiger partial charge is 0.0432 e. The topological polar surface area (TPSA) is 26.0 Å². The number of rotatable bonds is 2. The summed E-state index contributed by atoms with van der Waals surface area (Å²) in [5, 5.41) is 2.47. The van der Waals surface area contributed by atoms with E-state index in [9.17, 15) is 0 Å². The van der Waals surface area contributed by atoms with E-state index in [4.69, 9.17) is 17.3 Å². The van der Waals surface area contributed by atoms with Crippen LogP contribution < -0.4 is 5.73 Å². The summed E-state index contributed by atoms with van der Waals surface area (Å²) in [6, 6.07) is 12.6. The Hall–Kier alpha value is -1.05. The van der Waals surface area contributed by atoms with Crippen LogP contribution >= 0.6 is 11.6 Å². The van der Waals surface area contributed by atoms with E-state index in [2.05, 4.69) is 43.3 Å². The second-order valence-electron chi connectivity index (χ2n) is 3.87. The van der Waals surface area contributed by atoms with Gasteiger partial charge in [0.1, 0.15) is 0 Å². The quantitative estimate of drug-likeness (QED) is 0.770. The van der Waals surface area contributed by atoms with E-state index in [-0.39, 0.29) is 6.04 Å². The molecule has 0 aliphatic heterocycles. The number of benzene rings is 2. The summed E-state index contributed by atoms with van der Waals surface area (Å²) >= 11 is 5.74. The lowest BCUT2D eigenvalue weighted by molar-refractivity contribution is 0.828. The Labute approximate surface area is 94.9 Å². The maximum absolute atomic E-state index is 5.88. The Morgan fingerprint density at radius 3 is 2.53 bits per heavy atom. The summed E-state index contributed by atoms with van der Waals surface area (Å²) < 4.78 is 0. The lowest BCUT2D eigenvalue weighted by Crippen LogP contribution is -2.11. The molecule has 0 heterocycles. The summed E-state index contributed by atoms with van der Waals surface area (Å²) in [7, 11) is 0. The zero-order chi connectivity index (χ0) is 10.8. The molecule has 0 spiro atoms. The van der Waals surface area contributed by atoms with Gasteiger partial charge in [-0.1, -0.05) is 35.9 Å². The first-order valence-corrected chi connectivity index (χ1v) is 5.56. The van der Waals surface area contributed by atoms with E-state index in [1.54, 1.807) is 0 Å².